The highest BCUT2D eigenvalue weighted by Crippen LogP contribution is 2.65. The zero-order valence-electron chi connectivity index (χ0n) is 65.1. The first kappa shape index (κ1) is 84.9. The van der Waals surface area contributed by atoms with E-state index in [-0.39, 0.29) is 95.7 Å². The molecule has 3 aromatic heterocycles. The Bertz CT molecular complexity index is 4950. The molecule has 0 spiro atoms. The van der Waals surface area contributed by atoms with Gasteiger partial charge in [0.25, 0.3) is 22.6 Å². The van der Waals surface area contributed by atoms with Crippen molar-refractivity contribution in [1.82, 2.24) is 40.9 Å². The molecular weight excluding hydrogens is 1540 g/mol. The van der Waals surface area contributed by atoms with Gasteiger partial charge < -0.3 is 75.2 Å². The van der Waals surface area contributed by atoms with Gasteiger partial charge in [-0.1, -0.05) is 136 Å². The Morgan fingerprint density at radius 2 is 1.45 bits per heavy atom. The predicted octanol–water partition coefficient (Wildman–Crippen LogP) is 7.94. The number of nitrogens with zero attached hydrogens (tertiary/aromatic N) is 4. The van der Waals surface area contributed by atoms with Crippen LogP contribution in [0, 0.1) is 16.7 Å². The molecule has 2 bridgehead atoms. The number of oxazole rings is 1. The molecule has 4 heterocycles. The molecule has 4 aromatic carbocycles. The van der Waals surface area contributed by atoms with E-state index in [4.69, 9.17) is 38.6 Å². The Labute approximate surface area is 668 Å². The molecule has 608 valence electrons. The first-order valence-corrected chi connectivity index (χ1v) is 45.3. The lowest BCUT2D eigenvalue weighted by Gasteiger charge is -2.67. The van der Waals surface area contributed by atoms with E-state index in [1.165, 1.54) is 69.9 Å². The van der Waals surface area contributed by atoms with Gasteiger partial charge in [-0.05, 0) is 90.9 Å². The number of esters is 5. The molecule has 10 N–H and O–H groups in total. The van der Waals surface area contributed by atoms with E-state index in [1.807, 2.05) is 5.70 Å². The fourth-order valence-electron chi connectivity index (χ4n) is 16.1. The van der Waals surface area contributed by atoms with Crippen molar-refractivity contribution in [3.63, 3.8) is 0 Å². The molecule has 34 heteroatoms. The molecule has 3 aliphatic carbocycles. The standard InChI is InChI=1S/C81H94N10O21SSi2/c1-46-55(108-75(104)65(98)63(48-21-13-10-14-22-48)89-72(101)49-23-15-11-16-24-49)38-81(105)69(111-74(103)51-25-17-12-18-26-51)67-79(5,68(99)66(62(46)78(81,3)4)110-61(97)34-33-59(94)95)56(37-57-80(67,43-106-57)112-47(2)92)109-60(96)28-20-36-114(6,7)45-115(8,9)44-113-77-87-42-54(107-77)41-85-58(93)27-19-35-83-71(100)50-29-31-52(32-30-50)84-39-53-40-86-70-64(88-53)73(102)91-76(82)90-70/h10-18,20-26,29-32,36,40,42,55-57,63,65-67,69,84,98,105H,19,27-28,33-35,37-39,41,43-45H2,1-9H3,(H,83,100)(H,85,93)(H,89,101)(H,94,95)(H3,82,86,90,91,102)/b36-20+/t55-,56-,57+,63-,65+,66+,67-,69-,79+,80-,81+/m0/s1. The van der Waals surface area contributed by atoms with Gasteiger partial charge in [0.15, 0.2) is 34.8 Å². The number of aromatic nitrogens is 5. The van der Waals surface area contributed by atoms with Crippen molar-refractivity contribution in [3.8, 4) is 0 Å². The van der Waals surface area contributed by atoms with Crippen molar-refractivity contribution in [1.29, 1.82) is 0 Å². The lowest BCUT2D eigenvalue weighted by atomic mass is 9.44. The molecule has 1 aliphatic heterocycles. The van der Waals surface area contributed by atoms with Crippen LogP contribution in [0.5, 0.6) is 0 Å². The summed E-state index contributed by atoms with van der Waals surface area (Å²) in [6.07, 6.45) is -8.48. The molecule has 3 amide bonds. The molecule has 0 unspecified atom stereocenters. The maximum absolute atomic E-state index is 16.8. The Kier molecular flexibility index (Phi) is 26.1. The molecule has 0 radical (unpaired) electrons. The van der Waals surface area contributed by atoms with Gasteiger partial charge in [0, 0.05) is 55.0 Å². The number of ketones is 1. The molecule has 115 heavy (non-hydrogen) atoms. The van der Waals surface area contributed by atoms with Gasteiger partial charge in [0.1, 0.15) is 35.8 Å². The lowest BCUT2D eigenvalue weighted by Crippen LogP contribution is -2.82. The molecule has 1 saturated heterocycles. The second-order valence-corrected chi connectivity index (χ2v) is 43.3. The van der Waals surface area contributed by atoms with E-state index in [0.717, 1.165) is 12.6 Å². The number of H-pyrrole nitrogens is 1. The molecule has 11 atom stereocenters. The Hall–Kier alpha value is -11.0. The van der Waals surface area contributed by atoms with Crippen LogP contribution >= 0.6 is 11.8 Å². The highest BCUT2D eigenvalue weighted by molar-refractivity contribution is 8.00. The molecule has 3 fully saturated rings. The SMILES string of the molecule is CC(=O)O[C@@]12CO[C@@H]1C[C@H](OC(=O)C/C=C/[Si](C)(C)C[Si](C)(C)CSc1ncc(CNC(=O)CCCNC(=O)c3ccc(NCc4cnc5nc(N)[nH]c(=O)c5n4)cc3)o1)[C@@]1(C)C(=O)[C@H](OC(=O)CCC(=O)O)C3=C(C)[C@@H](OC(=O)[C@H](O)[C@@H](NC(=O)c4ccccc4)c4ccccc4)C[C@@](O)([C@@H](OC(=O)c4ccccc4)[C@H]21)C3(C)C. The van der Waals surface area contributed by atoms with Crippen LogP contribution in [-0.2, 0) is 75.1 Å². The van der Waals surface area contributed by atoms with Crippen molar-refractivity contribution >= 4 is 110 Å². The van der Waals surface area contributed by atoms with Crippen LogP contribution in [0.1, 0.15) is 134 Å². The molecule has 11 rings (SSSR count). The van der Waals surface area contributed by atoms with Crippen molar-refractivity contribution in [2.24, 2.45) is 16.7 Å². The lowest BCUT2D eigenvalue weighted by molar-refractivity contribution is -0.346. The fourth-order valence-corrected chi connectivity index (χ4v) is 30.9. The molecule has 2 saturated carbocycles. The quantitative estimate of drug-likeness (QED) is 0.00482. The number of nitrogens with one attached hydrogen (secondary N) is 5. The van der Waals surface area contributed by atoms with E-state index in [9.17, 15) is 58.5 Å². The number of aromatic amines is 1. The number of Topliss-reactive ketones (excluding diaryl/α,β-unsaturated/α-hetero) is 1. The van der Waals surface area contributed by atoms with E-state index >= 15 is 9.59 Å². The largest absolute Gasteiger partial charge is 0.481 e. The number of fused-ring (bicyclic) bond motifs is 6. The number of anilines is 2. The summed E-state index contributed by atoms with van der Waals surface area (Å²) in [6.45, 7) is 15.8. The van der Waals surface area contributed by atoms with Gasteiger partial charge in [0.05, 0.1) is 96.1 Å². The zero-order valence-corrected chi connectivity index (χ0v) is 67.9. The number of nitrogen functional groups attached to an aromatic ring is 1. The number of carbonyl (C=O) groups is 10. The van der Waals surface area contributed by atoms with Crippen LogP contribution in [0.2, 0.25) is 31.9 Å². The van der Waals surface area contributed by atoms with Crippen LogP contribution in [0.3, 0.4) is 0 Å². The number of hydrogen-bond acceptors (Lipinski definition) is 27. The number of amides is 3. The summed E-state index contributed by atoms with van der Waals surface area (Å²) >= 11 is 1.46. The Morgan fingerprint density at radius 1 is 0.783 bits per heavy atom. The number of carbonyl (C=O) groups excluding carboxylic acids is 9. The summed E-state index contributed by atoms with van der Waals surface area (Å²) < 4.78 is 44.3. The first-order valence-electron chi connectivity index (χ1n) is 37.6. The van der Waals surface area contributed by atoms with Crippen molar-refractivity contribution in [2.45, 2.75) is 184 Å². The van der Waals surface area contributed by atoms with Gasteiger partial charge in [-0.25, -0.2) is 24.5 Å². The highest BCUT2D eigenvalue weighted by atomic mass is 32.2. The van der Waals surface area contributed by atoms with Crippen LogP contribution in [-0.4, -0.2) is 182 Å². The Balaban J connectivity index is 0.766. The van der Waals surface area contributed by atoms with Gasteiger partial charge in [-0.3, -0.25) is 48.1 Å². The van der Waals surface area contributed by atoms with Crippen LogP contribution < -0.4 is 32.6 Å². The summed E-state index contributed by atoms with van der Waals surface area (Å²) in [5, 5.41) is 49.1. The summed E-state index contributed by atoms with van der Waals surface area (Å²) in [4.78, 5) is 173. The third kappa shape index (κ3) is 19.3. The van der Waals surface area contributed by atoms with Gasteiger partial charge in [-0.15, -0.1) is 0 Å². The molecule has 4 aliphatic rings. The van der Waals surface area contributed by atoms with Crippen molar-refractivity contribution in [3.05, 3.63) is 195 Å². The highest BCUT2D eigenvalue weighted by Gasteiger charge is 2.79. The minimum atomic E-state index is -2.63. The Morgan fingerprint density at radius 3 is 2.11 bits per heavy atom. The van der Waals surface area contributed by atoms with E-state index in [1.54, 1.807) is 103 Å². The number of aliphatic hydroxyl groups is 2. The number of benzene rings is 4. The second kappa shape index (κ2) is 35.4. The van der Waals surface area contributed by atoms with Crippen LogP contribution in [0.15, 0.2) is 165 Å². The third-order valence-electron chi connectivity index (χ3n) is 21.6. The minimum Gasteiger partial charge on any atom is -0.481 e. The van der Waals surface area contributed by atoms with Crippen LogP contribution in [0.4, 0.5) is 11.6 Å². The molecular formula is C81H94N10O21SSi2. The number of aliphatic hydroxyl groups excluding tert-OH is 1. The van der Waals surface area contributed by atoms with Crippen LogP contribution in [0.25, 0.3) is 11.2 Å². The van der Waals surface area contributed by atoms with Crippen molar-refractivity contribution in [2.75, 3.05) is 29.6 Å². The normalized spacial score (nSPS) is 22.8. The average molecular weight is 1630 g/mol. The number of ether oxygens (including phenoxy) is 6. The fraction of sp³-hybridized carbons (Fsp3) is 0.420. The summed E-state index contributed by atoms with van der Waals surface area (Å²) in [7, 11) is -4.39. The second-order valence-electron chi connectivity index (χ2n) is 31.5. The van der Waals surface area contributed by atoms with Gasteiger partial charge >= 0.3 is 35.8 Å². The third-order valence-corrected chi connectivity index (χ3v) is 34.3. The minimum absolute atomic E-state index is 0.0151. The number of thioether (sulfide) groups is 1. The zero-order chi connectivity index (χ0) is 83.0. The molecule has 31 nitrogen and oxygen atoms in total. The van der Waals surface area contributed by atoms with E-state index < -0.39 is 166 Å². The number of hydrogen-bond donors (Lipinski definition) is 9. The maximum Gasteiger partial charge on any atom is 0.338 e. The number of aliphatic carboxylic acids is 1. The maximum atomic E-state index is 16.8. The summed E-state index contributed by atoms with van der Waals surface area (Å²) in [6, 6.07) is 29.1. The average Bonchev–Trinajstić information content (AvgIpc) is 0.834. The summed E-state index contributed by atoms with van der Waals surface area (Å²) in [5.41, 5.74) is 1.19. The number of nitrogens with two attached hydrogens (primary N) is 1. The van der Waals surface area contributed by atoms with E-state index in [0.29, 0.717) is 39.7 Å². The number of carboxylic acids is 1. The number of carboxylic acid groups (broad SMARTS) is 1. The molecule has 7 aromatic rings. The predicted molar refractivity (Wildman–Crippen MR) is 423 cm³/mol. The number of rotatable bonds is 32. The summed E-state index contributed by atoms with van der Waals surface area (Å²) in [5.74, 6) is -10.3. The van der Waals surface area contributed by atoms with Gasteiger partial charge in [0.2, 0.25) is 11.9 Å². The van der Waals surface area contributed by atoms with E-state index in [2.05, 4.69) is 72.4 Å². The topological polar surface area (TPSA) is 458 Å². The smallest absolute Gasteiger partial charge is 0.338 e. The van der Waals surface area contributed by atoms with Gasteiger partial charge in [-0.2, -0.15) is 4.98 Å². The van der Waals surface area contributed by atoms with Crippen molar-refractivity contribution < 1.29 is 96.1 Å². The first-order chi connectivity index (χ1) is 54.5. The monoisotopic (exact) mass is 1630 g/mol.